The number of nitrogens with zero attached hydrogens (tertiary/aromatic N) is 3. The Bertz CT molecular complexity index is 610. The van der Waals surface area contributed by atoms with Gasteiger partial charge in [-0.3, -0.25) is 0 Å². The average molecular weight is 270 g/mol. The molecule has 1 aliphatic heterocycles. The fraction of sp³-hybridized carbons (Fsp3) is 0.500. The first-order valence-corrected chi connectivity index (χ1v) is 7.39. The first kappa shape index (κ1) is 13.3. The molecule has 1 aliphatic rings. The second-order valence-electron chi connectivity index (χ2n) is 5.84. The summed E-state index contributed by atoms with van der Waals surface area (Å²) in [7, 11) is 0. The Morgan fingerprint density at radius 1 is 1.20 bits per heavy atom. The van der Waals surface area contributed by atoms with E-state index in [9.17, 15) is 0 Å². The quantitative estimate of drug-likeness (QED) is 0.911. The van der Waals surface area contributed by atoms with Crippen LogP contribution in [0.4, 0.5) is 5.82 Å². The number of fused-ring (bicyclic) bond motifs is 1. The van der Waals surface area contributed by atoms with E-state index in [0.29, 0.717) is 12.0 Å². The lowest BCUT2D eigenvalue weighted by Crippen LogP contribution is -2.44. The highest BCUT2D eigenvalue weighted by Crippen LogP contribution is 2.31. The van der Waals surface area contributed by atoms with Crippen molar-refractivity contribution >= 4 is 16.6 Å². The molecule has 3 rings (SSSR count). The summed E-state index contributed by atoms with van der Waals surface area (Å²) in [6, 6.07) is 8.90. The number of aryl methyl sites for hydroxylation is 1. The molecule has 2 heterocycles. The molecule has 4 heteroatoms. The molecule has 0 radical (unpaired) electrons. The highest BCUT2D eigenvalue weighted by Gasteiger charge is 2.27. The molecule has 2 aromatic rings. The molecular weight excluding hydrogens is 248 g/mol. The van der Waals surface area contributed by atoms with E-state index in [2.05, 4.69) is 46.3 Å². The van der Waals surface area contributed by atoms with Crippen molar-refractivity contribution < 1.29 is 0 Å². The summed E-state index contributed by atoms with van der Waals surface area (Å²) in [6.45, 7) is 6.02. The van der Waals surface area contributed by atoms with Gasteiger partial charge in [0.1, 0.15) is 0 Å². The molecule has 1 saturated heterocycles. The molecule has 20 heavy (non-hydrogen) atoms. The monoisotopic (exact) mass is 270 g/mol. The number of rotatable bonds is 2. The van der Waals surface area contributed by atoms with E-state index < -0.39 is 0 Å². The van der Waals surface area contributed by atoms with Gasteiger partial charge in [-0.25, -0.2) is 0 Å². The molecule has 106 valence electrons. The molecule has 2 unspecified atom stereocenters. The number of benzene rings is 1. The van der Waals surface area contributed by atoms with Gasteiger partial charge < -0.3 is 10.6 Å². The van der Waals surface area contributed by atoms with Crippen molar-refractivity contribution in [3.8, 4) is 0 Å². The van der Waals surface area contributed by atoms with Crippen LogP contribution in [0.1, 0.15) is 25.5 Å². The number of anilines is 1. The van der Waals surface area contributed by atoms with E-state index in [4.69, 9.17) is 5.73 Å². The number of hydrogen-bond acceptors (Lipinski definition) is 4. The fourth-order valence-corrected chi connectivity index (χ4v) is 3.11. The van der Waals surface area contributed by atoms with Crippen molar-refractivity contribution in [2.24, 2.45) is 11.7 Å². The summed E-state index contributed by atoms with van der Waals surface area (Å²) >= 11 is 0. The molecule has 2 atom stereocenters. The number of hydrogen-bond donors (Lipinski definition) is 1. The zero-order chi connectivity index (χ0) is 14.1. The van der Waals surface area contributed by atoms with Gasteiger partial charge in [0, 0.05) is 23.4 Å². The maximum Gasteiger partial charge on any atom is 0.159 e. The van der Waals surface area contributed by atoms with E-state index in [-0.39, 0.29) is 0 Å². The fourth-order valence-electron chi connectivity index (χ4n) is 3.11. The van der Waals surface area contributed by atoms with Crippen LogP contribution in [0.15, 0.2) is 24.3 Å². The van der Waals surface area contributed by atoms with Crippen molar-refractivity contribution in [3.63, 3.8) is 0 Å². The average Bonchev–Trinajstić information content (AvgIpc) is 2.49. The van der Waals surface area contributed by atoms with Gasteiger partial charge in [-0.1, -0.05) is 24.3 Å². The minimum Gasteiger partial charge on any atom is -0.352 e. The van der Waals surface area contributed by atoms with Crippen LogP contribution in [-0.2, 0) is 0 Å². The highest BCUT2D eigenvalue weighted by atomic mass is 15.3. The summed E-state index contributed by atoms with van der Waals surface area (Å²) in [5.74, 6) is 1.57. The molecule has 0 saturated carbocycles. The Hall–Kier alpha value is -1.68. The van der Waals surface area contributed by atoms with Crippen LogP contribution in [0.5, 0.6) is 0 Å². The topological polar surface area (TPSA) is 55.0 Å². The molecule has 0 bridgehead atoms. The maximum atomic E-state index is 5.86. The minimum absolute atomic E-state index is 0.498. The lowest BCUT2D eigenvalue weighted by molar-refractivity contribution is 0.372. The van der Waals surface area contributed by atoms with Crippen molar-refractivity contribution in [1.29, 1.82) is 0 Å². The first-order valence-electron chi connectivity index (χ1n) is 7.39. The maximum absolute atomic E-state index is 5.86. The van der Waals surface area contributed by atoms with Gasteiger partial charge in [-0.05, 0) is 39.2 Å². The third kappa shape index (κ3) is 2.24. The van der Waals surface area contributed by atoms with Gasteiger partial charge >= 0.3 is 0 Å². The molecule has 1 fully saturated rings. The van der Waals surface area contributed by atoms with Crippen molar-refractivity contribution in [3.05, 3.63) is 30.0 Å². The van der Waals surface area contributed by atoms with Gasteiger partial charge in [-0.15, -0.1) is 5.10 Å². The van der Waals surface area contributed by atoms with E-state index >= 15 is 0 Å². The van der Waals surface area contributed by atoms with Gasteiger partial charge in [0.05, 0.1) is 5.69 Å². The number of nitrogens with two attached hydrogens (primary N) is 1. The number of piperidine rings is 1. The predicted molar refractivity (Wildman–Crippen MR) is 82.9 cm³/mol. The summed E-state index contributed by atoms with van der Waals surface area (Å²) in [5.41, 5.74) is 6.85. The minimum atomic E-state index is 0.498. The van der Waals surface area contributed by atoms with Crippen LogP contribution in [0.25, 0.3) is 10.8 Å². The Balaban J connectivity index is 2.07. The molecule has 4 nitrogen and oxygen atoms in total. The lowest BCUT2D eigenvalue weighted by Gasteiger charge is -2.38. The third-order valence-corrected chi connectivity index (χ3v) is 4.44. The highest BCUT2D eigenvalue weighted by molar-refractivity contribution is 5.93. The third-order valence-electron chi connectivity index (χ3n) is 4.44. The molecule has 1 aromatic heterocycles. The van der Waals surface area contributed by atoms with Crippen LogP contribution in [-0.4, -0.2) is 29.3 Å². The van der Waals surface area contributed by atoms with Crippen molar-refractivity contribution in [2.75, 3.05) is 18.0 Å². The second-order valence-corrected chi connectivity index (χ2v) is 5.84. The van der Waals surface area contributed by atoms with Crippen LogP contribution in [0.2, 0.25) is 0 Å². The van der Waals surface area contributed by atoms with Crippen LogP contribution in [0.3, 0.4) is 0 Å². The van der Waals surface area contributed by atoms with Crippen LogP contribution < -0.4 is 10.6 Å². The van der Waals surface area contributed by atoms with Crippen LogP contribution in [0, 0.1) is 12.8 Å². The molecule has 2 N–H and O–H groups in total. The standard InChI is InChI=1S/C16H22N4/c1-11-7-8-13(9-17)10-20(11)16-15-6-4-3-5-14(15)12(2)18-19-16/h3-6,11,13H,7-10,17H2,1-2H3. The van der Waals surface area contributed by atoms with E-state index in [1.54, 1.807) is 0 Å². The summed E-state index contributed by atoms with van der Waals surface area (Å²) < 4.78 is 0. The summed E-state index contributed by atoms with van der Waals surface area (Å²) in [5, 5.41) is 11.2. The van der Waals surface area contributed by atoms with Gasteiger partial charge in [0.15, 0.2) is 5.82 Å². The van der Waals surface area contributed by atoms with E-state index in [0.717, 1.165) is 24.6 Å². The molecule has 1 aromatic carbocycles. The molecular formula is C16H22N4. The van der Waals surface area contributed by atoms with E-state index in [1.165, 1.54) is 23.6 Å². The Morgan fingerprint density at radius 2 is 1.95 bits per heavy atom. The lowest BCUT2D eigenvalue weighted by atomic mass is 9.93. The first-order chi connectivity index (χ1) is 9.70. The zero-order valence-corrected chi connectivity index (χ0v) is 12.2. The predicted octanol–water partition coefficient (Wildman–Crippen LogP) is 2.50. The Labute approximate surface area is 120 Å². The Kier molecular flexibility index (Phi) is 3.57. The van der Waals surface area contributed by atoms with E-state index in [1.807, 2.05) is 6.92 Å². The van der Waals surface area contributed by atoms with Crippen LogP contribution >= 0.6 is 0 Å². The summed E-state index contributed by atoms with van der Waals surface area (Å²) in [4.78, 5) is 2.38. The number of aromatic nitrogens is 2. The van der Waals surface area contributed by atoms with Gasteiger partial charge in [0.25, 0.3) is 0 Å². The largest absolute Gasteiger partial charge is 0.352 e. The smallest absolute Gasteiger partial charge is 0.159 e. The summed E-state index contributed by atoms with van der Waals surface area (Å²) in [6.07, 6.45) is 2.39. The van der Waals surface area contributed by atoms with Crippen molar-refractivity contribution in [2.45, 2.75) is 32.7 Å². The molecule has 0 amide bonds. The van der Waals surface area contributed by atoms with Gasteiger partial charge in [-0.2, -0.15) is 5.10 Å². The second kappa shape index (κ2) is 5.37. The SMILES string of the molecule is Cc1nnc(N2CC(CN)CCC2C)c2ccccc12. The van der Waals surface area contributed by atoms with Crippen molar-refractivity contribution in [1.82, 2.24) is 10.2 Å². The molecule has 0 aliphatic carbocycles. The van der Waals surface area contributed by atoms with Gasteiger partial charge in [0.2, 0.25) is 0 Å². The Morgan fingerprint density at radius 3 is 2.70 bits per heavy atom. The molecule has 0 spiro atoms. The normalized spacial score (nSPS) is 23.2. The zero-order valence-electron chi connectivity index (χ0n) is 12.2.